The summed E-state index contributed by atoms with van der Waals surface area (Å²) in [6.07, 6.45) is 4.37. The second kappa shape index (κ2) is 3.84. The van der Waals surface area contributed by atoms with Crippen molar-refractivity contribution in [3.05, 3.63) is 0 Å². The van der Waals surface area contributed by atoms with Crippen molar-refractivity contribution in [1.29, 1.82) is 0 Å². The Hall–Kier alpha value is -1.21. The zero-order chi connectivity index (χ0) is 8.10. The summed E-state index contributed by atoms with van der Waals surface area (Å²) in [6, 6.07) is 0. The van der Waals surface area contributed by atoms with Gasteiger partial charge in [-0.25, -0.2) is 4.79 Å². The van der Waals surface area contributed by atoms with Gasteiger partial charge in [-0.1, -0.05) is 5.92 Å². The summed E-state index contributed by atoms with van der Waals surface area (Å²) in [6.45, 7) is 1.13. The van der Waals surface area contributed by atoms with Crippen LogP contribution in [-0.2, 0) is 9.47 Å². The maximum atomic E-state index is 10.5. The van der Waals surface area contributed by atoms with E-state index in [2.05, 4.69) is 11.2 Å². The van der Waals surface area contributed by atoms with Gasteiger partial charge in [-0.15, -0.1) is 6.42 Å². The van der Waals surface area contributed by atoms with Crippen molar-refractivity contribution in [3.8, 4) is 12.3 Å². The van der Waals surface area contributed by atoms with Crippen LogP contribution in [0.2, 0.25) is 0 Å². The number of hydrogen-bond donors (Lipinski definition) is 1. The first-order chi connectivity index (χ1) is 5.33. The van der Waals surface area contributed by atoms with E-state index >= 15 is 0 Å². The van der Waals surface area contributed by atoms with Gasteiger partial charge in [0.1, 0.15) is 12.7 Å². The lowest BCUT2D eigenvalue weighted by molar-refractivity contribution is 0.0598. The molecule has 0 aromatic carbocycles. The van der Waals surface area contributed by atoms with Crippen LogP contribution >= 0.6 is 0 Å². The number of nitrogens with one attached hydrogen (secondary N) is 1. The molecule has 1 saturated heterocycles. The summed E-state index contributed by atoms with van der Waals surface area (Å²) in [5.74, 6) is 2.32. The van der Waals surface area contributed by atoms with Gasteiger partial charge in [-0.3, -0.25) is 0 Å². The monoisotopic (exact) mass is 155 g/mol. The fraction of sp³-hybridized carbons (Fsp3) is 0.571. The molecular formula is C7H9NO3. The van der Waals surface area contributed by atoms with Gasteiger partial charge in [0.2, 0.25) is 0 Å². The smallest absolute Gasteiger partial charge is 0.407 e. The van der Waals surface area contributed by atoms with E-state index in [4.69, 9.17) is 15.9 Å². The molecule has 0 aliphatic carbocycles. The number of cyclic esters (lactones) is 1. The van der Waals surface area contributed by atoms with Crippen LogP contribution in [-0.4, -0.2) is 32.0 Å². The maximum Gasteiger partial charge on any atom is 0.407 e. The lowest BCUT2D eigenvalue weighted by Gasteiger charge is -2.05. The van der Waals surface area contributed by atoms with Crippen molar-refractivity contribution in [2.75, 3.05) is 19.8 Å². The second-order valence-corrected chi connectivity index (χ2v) is 2.13. The highest BCUT2D eigenvalue weighted by atomic mass is 16.6. The van der Waals surface area contributed by atoms with E-state index in [1.807, 2.05) is 0 Å². The summed E-state index contributed by atoms with van der Waals surface area (Å²) in [7, 11) is 0. The molecule has 0 aromatic heterocycles. The highest BCUT2D eigenvalue weighted by Crippen LogP contribution is 1.99. The molecule has 0 aromatic rings. The van der Waals surface area contributed by atoms with Crippen LogP contribution in [0.5, 0.6) is 0 Å². The van der Waals surface area contributed by atoms with E-state index in [0.29, 0.717) is 13.2 Å². The third-order valence-corrected chi connectivity index (χ3v) is 1.24. The molecule has 1 N–H and O–H groups in total. The molecule has 1 rings (SSSR count). The number of hydrogen-bond acceptors (Lipinski definition) is 3. The molecule has 11 heavy (non-hydrogen) atoms. The van der Waals surface area contributed by atoms with Crippen LogP contribution in [0.15, 0.2) is 0 Å². The number of alkyl carbamates (subject to hydrolysis) is 1. The average molecular weight is 155 g/mol. The van der Waals surface area contributed by atoms with Gasteiger partial charge in [-0.2, -0.15) is 0 Å². The molecule has 1 atom stereocenters. The van der Waals surface area contributed by atoms with E-state index in [0.717, 1.165) is 0 Å². The van der Waals surface area contributed by atoms with Crippen LogP contribution in [0.25, 0.3) is 0 Å². The Morgan fingerprint density at radius 2 is 2.73 bits per heavy atom. The van der Waals surface area contributed by atoms with Crippen LogP contribution in [0.4, 0.5) is 4.79 Å². The summed E-state index contributed by atoms with van der Waals surface area (Å²) in [5.41, 5.74) is 0. The minimum absolute atomic E-state index is 0.184. The molecule has 0 bridgehead atoms. The van der Waals surface area contributed by atoms with E-state index in [9.17, 15) is 4.79 Å². The van der Waals surface area contributed by atoms with Gasteiger partial charge in [0.15, 0.2) is 0 Å². The Morgan fingerprint density at radius 3 is 3.27 bits per heavy atom. The van der Waals surface area contributed by atoms with Crippen LogP contribution in [0, 0.1) is 12.3 Å². The molecule has 1 amide bonds. The van der Waals surface area contributed by atoms with Crippen molar-refractivity contribution < 1.29 is 14.3 Å². The molecule has 1 aliphatic rings. The SMILES string of the molecule is C#CCOC[C@H]1CNC(=O)O1. The number of ether oxygens (including phenoxy) is 2. The van der Waals surface area contributed by atoms with Gasteiger partial charge in [0.05, 0.1) is 13.2 Å². The third kappa shape index (κ3) is 2.48. The molecule has 60 valence electrons. The normalized spacial score (nSPS) is 22.1. The van der Waals surface area contributed by atoms with Crippen LogP contribution < -0.4 is 5.32 Å². The fourth-order valence-corrected chi connectivity index (χ4v) is 0.774. The molecule has 4 nitrogen and oxygen atoms in total. The number of carbonyl (C=O) groups is 1. The highest BCUT2D eigenvalue weighted by molar-refractivity contribution is 5.69. The van der Waals surface area contributed by atoms with Crippen molar-refractivity contribution >= 4 is 6.09 Å². The molecule has 1 aliphatic heterocycles. The Balaban J connectivity index is 2.09. The number of terminal acetylenes is 1. The lowest BCUT2D eigenvalue weighted by atomic mass is 10.4. The van der Waals surface area contributed by atoms with Crippen molar-refractivity contribution in [3.63, 3.8) is 0 Å². The van der Waals surface area contributed by atoms with Crippen LogP contribution in [0.3, 0.4) is 0 Å². The first-order valence-electron chi connectivity index (χ1n) is 3.28. The summed E-state index contributed by atoms with van der Waals surface area (Å²) >= 11 is 0. The summed E-state index contributed by atoms with van der Waals surface area (Å²) in [5, 5.41) is 2.50. The molecule has 1 fully saturated rings. The van der Waals surface area contributed by atoms with Gasteiger partial charge in [-0.05, 0) is 0 Å². The van der Waals surface area contributed by atoms with Gasteiger partial charge < -0.3 is 14.8 Å². The Morgan fingerprint density at radius 1 is 1.91 bits per heavy atom. The lowest BCUT2D eigenvalue weighted by Crippen LogP contribution is -2.20. The molecule has 0 saturated carbocycles. The fourth-order valence-electron chi connectivity index (χ4n) is 0.774. The average Bonchev–Trinajstić information content (AvgIpc) is 2.37. The molecule has 0 unspecified atom stereocenters. The topological polar surface area (TPSA) is 47.6 Å². The minimum atomic E-state index is -0.390. The first-order valence-corrected chi connectivity index (χ1v) is 3.28. The maximum absolute atomic E-state index is 10.5. The predicted octanol–water partition coefficient (Wildman–Crippen LogP) is -0.255. The zero-order valence-corrected chi connectivity index (χ0v) is 6.00. The minimum Gasteiger partial charge on any atom is -0.442 e. The molecular weight excluding hydrogens is 146 g/mol. The quantitative estimate of drug-likeness (QED) is 0.451. The third-order valence-electron chi connectivity index (χ3n) is 1.24. The van der Waals surface area contributed by atoms with Crippen molar-refractivity contribution in [1.82, 2.24) is 5.32 Å². The molecule has 1 heterocycles. The molecule has 0 spiro atoms. The first kappa shape index (κ1) is 7.89. The highest BCUT2D eigenvalue weighted by Gasteiger charge is 2.21. The zero-order valence-electron chi connectivity index (χ0n) is 6.00. The Labute approximate surface area is 64.9 Å². The van der Waals surface area contributed by atoms with Gasteiger partial charge in [0.25, 0.3) is 0 Å². The van der Waals surface area contributed by atoms with Gasteiger partial charge >= 0.3 is 6.09 Å². The summed E-state index contributed by atoms with van der Waals surface area (Å²) in [4.78, 5) is 10.5. The summed E-state index contributed by atoms with van der Waals surface area (Å²) < 4.78 is 9.73. The van der Waals surface area contributed by atoms with E-state index in [1.54, 1.807) is 0 Å². The van der Waals surface area contributed by atoms with Crippen molar-refractivity contribution in [2.45, 2.75) is 6.10 Å². The number of carbonyl (C=O) groups excluding carboxylic acids is 1. The Bertz CT molecular complexity index is 185. The van der Waals surface area contributed by atoms with E-state index < -0.39 is 0 Å². The Kier molecular flexibility index (Phi) is 2.75. The largest absolute Gasteiger partial charge is 0.442 e. The van der Waals surface area contributed by atoms with Crippen molar-refractivity contribution in [2.24, 2.45) is 0 Å². The van der Waals surface area contributed by atoms with E-state index in [-0.39, 0.29) is 18.8 Å². The predicted molar refractivity (Wildman–Crippen MR) is 37.9 cm³/mol. The number of rotatable bonds is 3. The van der Waals surface area contributed by atoms with E-state index in [1.165, 1.54) is 0 Å². The number of amides is 1. The van der Waals surface area contributed by atoms with Gasteiger partial charge in [0, 0.05) is 0 Å². The van der Waals surface area contributed by atoms with Crippen LogP contribution in [0.1, 0.15) is 0 Å². The second-order valence-electron chi connectivity index (χ2n) is 2.13. The molecule has 0 radical (unpaired) electrons. The molecule has 4 heteroatoms. The standard InChI is InChI=1S/C7H9NO3/c1-2-3-10-5-6-4-8-7(9)11-6/h1,6H,3-5H2,(H,8,9)/t6-/m1/s1.